The van der Waals surface area contributed by atoms with Crippen molar-refractivity contribution in [3.63, 3.8) is 0 Å². The Morgan fingerprint density at radius 1 is 1.09 bits per heavy atom. The number of carbonyl (C=O) groups is 4. The molecule has 1 aromatic carbocycles. The summed E-state index contributed by atoms with van der Waals surface area (Å²) in [6.07, 6.45) is 0. The SMILES string of the molecule is CCOC(=O)c1c(NC(=O)COC(=O)c2ccc(SC(F)F)cc2)sc(C(=O)NC)c1C. The average molecular weight is 487 g/mol. The van der Waals surface area contributed by atoms with Gasteiger partial charge in [0.2, 0.25) is 0 Å². The second-order valence-electron chi connectivity index (χ2n) is 6.09. The third kappa shape index (κ3) is 6.50. The molecule has 0 fully saturated rings. The van der Waals surface area contributed by atoms with Gasteiger partial charge in [0, 0.05) is 11.9 Å². The molecule has 2 rings (SSSR count). The van der Waals surface area contributed by atoms with E-state index in [1.165, 1.54) is 31.3 Å². The minimum Gasteiger partial charge on any atom is -0.462 e. The largest absolute Gasteiger partial charge is 0.462 e. The number of alkyl halides is 2. The smallest absolute Gasteiger partial charge is 0.341 e. The lowest BCUT2D eigenvalue weighted by Crippen LogP contribution is -2.21. The molecule has 0 spiro atoms. The van der Waals surface area contributed by atoms with Gasteiger partial charge in [-0.1, -0.05) is 11.8 Å². The van der Waals surface area contributed by atoms with Gasteiger partial charge in [0.1, 0.15) is 5.00 Å². The zero-order chi connectivity index (χ0) is 23.8. The van der Waals surface area contributed by atoms with Crippen LogP contribution in [-0.2, 0) is 14.3 Å². The van der Waals surface area contributed by atoms with Gasteiger partial charge in [0.05, 0.1) is 22.6 Å². The fraction of sp³-hybridized carbons (Fsp3) is 0.300. The van der Waals surface area contributed by atoms with E-state index >= 15 is 0 Å². The fourth-order valence-electron chi connectivity index (χ4n) is 2.53. The van der Waals surface area contributed by atoms with E-state index in [1.54, 1.807) is 13.8 Å². The Bertz CT molecular complexity index is 1010. The van der Waals surface area contributed by atoms with Crippen LogP contribution in [0.5, 0.6) is 0 Å². The van der Waals surface area contributed by atoms with E-state index in [2.05, 4.69) is 10.6 Å². The minimum absolute atomic E-state index is 0.0437. The number of amides is 2. The summed E-state index contributed by atoms with van der Waals surface area (Å²) in [5.41, 5.74) is 0.474. The predicted molar refractivity (Wildman–Crippen MR) is 116 cm³/mol. The summed E-state index contributed by atoms with van der Waals surface area (Å²) in [5.74, 6) is -5.28. The van der Waals surface area contributed by atoms with Gasteiger partial charge in [-0.05, 0) is 43.7 Å². The maximum Gasteiger partial charge on any atom is 0.341 e. The minimum atomic E-state index is -2.58. The highest BCUT2D eigenvalue weighted by Gasteiger charge is 2.26. The number of halogens is 2. The predicted octanol–water partition coefficient (Wildman–Crippen LogP) is 3.70. The molecule has 0 saturated carbocycles. The van der Waals surface area contributed by atoms with Crippen molar-refractivity contribution in [3.8, 4) is 0 Å². The van der Waals surface area contributed by atoms with E-state index in [-0.39, 0.29) is 32.5 Å². The zero-order valence-electron chi connectivity index (χ0n) is 17.3. The van der Waals surface area contributed by atoms with E-state index in [9.17, 15) is 28.0 Å². The normalized spacial score (nSPS) is 10.6. The van der Waals surface area contributed by atoms with Gasteiger partial charge in [0.15, 0.2) is 6.61 Å². The van der Waals surface area contributed by atoms with Crippen LogP contribution in [0.3, 0.4) is 0 Å². The number of anilines is 1. The molecule has 0 radical (unpaired) electrons. The Hall–Kier alpha value is -2.99. The molecule has 32 heavy (non-hydrogen) atoms. The molecule has 0 aliphatic rings. The second kappa shape index (κ2) is 11.6. The molecule has 0 aliphatic heterocycles. The van der Waals surface area contributed by atoms with Gasteiger partial charge >= 0.3 is 11.9 Å². The Balaban J connectivity index is 2.08. The van der Waals surface area contributed by atoms with Crippen LogP contribution in [0.2, 0.25) is 0 Å². The number of thioether (sulfide) groups is 1. The molecule has 12 heteroatoms. The summed E-state index contributed by atoms with van der Waals surface area (Å²) >= 11 is 1.23. The number of rotatable bonds is 9. The summed E-state index contributed by atoms with van der Waals surface area (Å²) in [5, 5.41) is 5.01. The van der Waals surface area contributed by atoms with Gasteiger partial charge in [-0.3, -0.25) is 9.59 Å². The fourth-order valence-corrected chi connectivity index (χ4v) is 4.19. The third-order valence-electron chi connectivity index (χ3n) is 3.96. The van der Waals surface area contributed by atoms with Crippen LogP contribution in [0.4, 0.5) is 13.8 Å². The average Bonchev–Trinajstić information content (AvgIpc) is 3.07. The highest BCUT2D eigenvalue weighted by Crippen LogP contribution is 2.33. The molecular formula is C20H20F2N2O6S2. The molecule has 8 nitrogen and oxygen atoms in total. The number of ether oxygens (including phenoxy) is 2. The lowest BCUT2D eigenvalue weighted by atomic mass is 10.1. The molecule has 0 aliphatic carbocycles. The topological polar surface area (TPSA) is 111 Å². The van der Waals surface area contributed by atoms with Crippen LogP contribution in [-0.4, -0.2) is 49.8 Å². The van der Waals surface area contributed by atoms with E-state index in [0.29, 0.717) is 17.3 Å². The van der Waals surface area contributed by atoms with Crippen molar-refractivity contribution in [1.29, 1.82) is 0 Å². The van der Waals surface area contributed by atoms with Crippen molar-refractivity contribution in [1.82, 2.24) is 5.32 Å². The first-order chi connectivity index (χ1) is 15.2. The van der Waals surface area contributed by atoms with Gasteiger partial charge in [0.25, 0.3) is 17.6 Å². The number of hydrogen-bond donors (Lipinski definition) is 2. The van der Waals surface area contributed by atoms with Crippen LogP contribution < -0.4 is 10.6 Å². The molecule has 0 saturated heterocycles. The molecule has 1 heterocycles. The molecule has 0 bridgehead atoms. The van der Waals surface area contributed by atoms with Crippen LogP contribution in [0, 0.1) is 6.92 Å². The quantitative estimate of drug-likeness (QED) is 0.411. The number of thiophene rings is 1. The van der Waals surface area contributed by atoms with Crippen LogP contribution in [0.15, 0.2) is 29.2 Å². The maximum atomic E-state index is 12.4. The number of benzene rings is 1. The summed E-state index contributed by atoms with van der Waals surface area (Å²) in [6.45, 7) is 2.61. The van der Waals surface area contributed by atoms with Gasteiger partial charge < -0.3 is 20.1 Å². The maximum absolute atomic E-state index is 12.4. The number of nitrogens with one attached hydrogen (secondary N) is 2. The van der Waals surface area contributed by atoms with E-state index in [1.807, 2.05) is 0 Å². The van der Waals surface area contributed by atoms with Gasteiger partial charge in [-0.2, -0.15) is 8.78 Å². The number of esters is 2. The Morgan fingerprint density at radius 3 is 2.31 bits per heavy atom. The van der Waals surface area contributed by atoms with Crippen molar-refractivity contribution < 1.29 is 37.4 Å². The van der Waals surface area contributed by atoms with Gasteiger partial charge in [-0.15, -0.1) is 11.3 Å². The van der Waals surface area contributed by atoms with E-state index in [0.717, 1.165) is 11.3 Å². The summed E-state index contributed by atoms with van der Waals surface area (Å²) < 4.78 is 34.7. The number of hydrogen-bond acceptors (Lipinski definition) is 8. The molecule has 2 amide bonds. The standard InChI is InChI=1S/C20H20F2N2O6S2/c1-4-29-19(28)14-10(2)15(16(26)23-3)32-17(14)24-13(25)9-30-18(27)11-5-7-12(8-6-11)31-20(21)22/h5-8,20H,4,9H2,1-3H3,(H,23,26)(H,24,25). The van der Waals surface area contributed by atoms with Crippen LogP contribution in [0.25, 0.3) is 0 Å². The zero-order valence-corrected chi connectivity index (χ0v) is 19.0. The first-order valence-corrected chi connectivity index (χ1v) is 10.9. The summed E-state index contributed by atoms with van der Waals surface area (Å²) in [6, 6.07) is 5.30. The van der Waals surface area contributed by atoms with Crippen molar-refractivity contribution in [2.45, 2.75) is 24.5 Å². The molecular weight excluding hydrogens is 466 g/mol. The Morgan fingerprint density at radius 2 is 1.75 bits per heavy atom. The van der Waals surface area contributed by atoms with Crippen molar-refractivity contribution in [3.05, 3.63) is 45.8 Å². The van der Waals surface area contributed by atoms with E-state index < -0.39 is 36.1 Å². The lowest BCUT2D eigenvalue weighted by Gasteiger charge is -2.08. The molecule has 0 unspecified atom stereocenters. The highest BCUT2D eigenvalue weighted by atomic mass is 32.2. The first kappa shape index (κ1) is 25.3. The van der Waals surface area contributed by atoms with Gasteiger partial charge in [-0.25, -0.2) is 9.59 Å². The van der Waals surface area contributed by atoms with Crippen molar-refractivity contribution in [2.75, 3.05) is 25.6 Å². The van der Waals surface area contributed by atoms with E-state index in [4.69, 9.17) is 9.47 Å². The molecule has 2 N–H and O–H groups in total. The summed E-state index contributed by atoms with van der Waals surface area (Å²) in [4.78, 5) is 49.2. The number of carbonyl (C=O) groups excluding carboxylic acids is 4. The molecule has 2 aromatic rings. The monoisotopic (exact) mass is 486 g/mol. The van der Waals surface area contributed by atoms with Crippen molar-refractivity contribution >= 4 is 51.9 Å². The Labute approximate surface area is 190 Å². The first-order valence-electron chi connectivity index (χ1n) is 9.22. The van der Waals surface area contributed by atoms with Crippen LogP contribution in [0.1, 0.15) is 42.9 Å². The highest BCUT2D eigenvalue weighted by molar-refractivity contribution is 7.99. The summed E-state index contributed by atoms with van der Waals surface area (Å²) in [7, 11) is 1.43. The Kier molecular flexibility index (Phi) is 9.14. The van der Waals surface area contributed by atoms with Crippen molar-refractivity contribution in [2.24, 2.45) is 0 Å². The molecule has 1 aromatic heterocycles. The second-order valence-corrected chi connectivity index (χ2v) is 8.17. The molecule has 0 atom stereocenters. The van der Waals surface area contributed by atoms with Crippen LogP contribution >= 0.6 is 23.1 Å². The molecule has 172 valence electrons. The third-order valence-corrected chi connectivity index (χ3v) is 5.89. The lowest BCUT2D eigenvalue weighted by molar-refractivity contribution is -0.119.